The van der Waals surface area contributed by atoms with Crippen LogP contribution in [0, 0.1) is 20.8 Å². The molecule has 0 amide bonds. The predicted octanol–water partition coefficient (Wildman–Crippen LogP) is 3.39. The van der Waals surface area contributed by atoms with Crippen molar-refractivity contribution in [3.63, 3.8) is 0 Å². The van der Waals surface area contributed by atoms with Gasteiger partial charge in [-0.2, -0.15) is 0 Å². The molecule has 0 bridgehead atoms. The van der Waals surface area contributed by atoms with E-state index in [1.807, 2.05) is 31.2 Å². The number of aliphatic hydroxyl groups excluding tert-OH is 1. The number of carbonyl (C=O) groups excluding carboxylic acids is 2. The van der Waals surface area contributed by atoms with Crippen LogP contribution in [0.3, 0.4) is 0 Å². The molecule has 0 aliphatic rings. The molecule has 27 heavy (non-hydrogen) atoms. The van der Waals surface area contributed by atoms with Gasteiger partial charge in [-0.05, 0) is 40.2 Å². The SMILES string of the molecule is Cc1ccc(-c2c(C(=O)OCCO)c(C)nc(C)c2C(=O)OC(C)C)cc1. The Kier molecular flexibility index (Phi) is 6.69. The van der Waals surface area contributed by atoms with Crippen molar-refractivity contribution >= 4 is 11.9 Å². The highest BCUT2D eigenvalue weighted by molar-refractivity contribution is 6.07. The van der Waals surface area contributed by atoms with Gasteiger partial charge in [0.2, 0.25) is 0 Å². The zero-order valence-corrected chi connectivity index (χ0v) is 16.3. The van der Waals surface area contributed by atoms with Gasteiger partial charge in [-0.1, -0.05) is 29.8 Å². The van der Waals surface area contributed by atoms with Crippen LogP contribution in [0.1, 0.15) is 51.5 Å². The highest BCUT2D eigenvalue weighted by atomic mass is 16.5. The number of esters is 2. The van der Waals surface area contributed by atoms with Crippen LogP contribution in [0.5, 0.6) is 0 Å². The molecule has 0 unspecified atom stereocenters. The summed E-state index contributed by atoms with van der Waals surface area (Å²) in [5.74, 6) is -1.18. The number of hydrogen-bond donors (Lipinski definition) is 1. The normalized spacial score (nSPS) is 10.8. The van der Waals surface area contributed by atoms with Crippen LogP contribution in [-0.4, -0.2) is 41.3 Å². The van der Waals surface area contributed by atoms with Crippen LogP contribution >= 0.6 is 0 Å². The highest BCUT2D eigenvalue weighted by Crippen LogP contribution is 2.33. The number of ether oxygens (including phenoxy) is 2. The standard InChI is InChI=1S/C21H25NO5/c1-12(2)27-21(25)18-15(5)22-14(4)17(20(24)26-11-10-23)19(18)16-8-6-13(3)7-9-16/h6-9,12,23H,10-11H2,1-5H3. The van der Waals surface area contributed by atoms with Crippen molar-refractivity contribution in [3.8, 4) is 11.1 Å². The maximum absolute atomic E-state index is 12.8. The molecule has 1 aromatic heterocycles. The average Bonchev–Trinajstić information content (AvgIpc) is 2.59. The van der Waals surface area contributed by atoms with E-state index in [9.17, 15) is 9.59 Å². The lowest BCUT2D eigenvalue weighted by molar-refractivity contribution is 0.0377. The van der Waals surface area contributed by atoms with Gasteiger partial charge in [0.25, 0.3) is 0 Å². The lowest BCUT2D eigenvalue weighted by Gasteiger charge is -2.19. The Morgan fingerprint density at radius 1 is 1.00 bits per heavy atom. The molecule has 6 nitrogen and oxygen atoms in total. The summed E-state index contributed by atoms with van der Waals surface area (Å²) in [6, 6.07) is 7.50. The third-order valence-corrected chi connectivity index (χ3v) is 3.97. The first kappa shape index (κ1) is 20.6. The predicted molar refractivity (Wildman–Crippen MR) is 102 cm³/mol. The van der Waals surface area contributed by atoms with Crippen LogP contribution in [0.2, 0.25) is 0 Å². The number of aromatic nitrogens is 1. The van der Waals surface area contributed by atoms with E-state index in [-0.39, 0.29) is 30.4 Å². The van der Waals surface area contributed by atoms with Crippen molar-refractivity contribution in [2.45, 2.75) is 40.7 Å². The summed E-state index contributed by atoms with van der Waals surface area (Å²) in [6.45, 7) is 8.46. The zero-order chi connectivity index (χ0) is 20.1. The molecule has 1 heterocycles. The summed E-state index contributed by atoms with van der Waals surface area (Å²) >= 11 is 0. The second-order valence-corrected chi connectivity index (χ2v) is 6.59. The largest absolute Gasteiger partial charge is 0.460 e. The number of aliphatic hydroxyl groups is 1. The molecule has 0 aliphatic heterocycles. The fourth-order valence-corrected chi connectivity index (χ4v) is 2.84. The number of rotatable bonds is 6. The maximum atomic E-state index is 12.8. The number of pyridine rings is 1. The van der Waals surface area contributed by atoms with E-state index in [0.717, 1.165) is 5.56 Å². The van der Waals surface area contributed by atoms with Crippen molar-refractivity contribution < 1.29 is 24.2 Å². The molecule has 144 valence electrons. The van der Waals surface area contributed by atoms with Gasteiger partial charge in [-0.15, -0.1) is 0 Å². The van der Waals surface area contributed by atoms with Gasteiger partial charge < -0.3 is 14.6 Å². The third-order valence-electron chi connectivity index (χ3n) is 3.97. The molecule has 0 fully saturated rings. The number of benzene rings is 1. The monoisotopic (exact) mass is 371 g/mol. The second-order valence-electron chi connectivity index (χ2n) is 6.59. The summed E-state index contributed by atoms with van der Waals surface area (Å²) in [6.07, 6.45) is -0.311. The van der Waals surface area contributed by atoms with Crippen LogP contribution < -0.4 is 0 Å². The lowest BCUT2D eigenvalue weighted by atomic mass is 9.92. The summed E-state index contributed by atoms with van der Waals surface area (Å²) in [5.41, 5.74) is 3.56. The van der Waals surface area contributed by atoms with Gasteiger partial charge in [0.05, 0.1) is 35.2 Å². The van der Waals surface area contributed by atoms with E-state index in [4.69, 9.17) is 14.6 Å². The van der Waals surface area contributed by atoms with Crippen molar-refractivity contribution in [1.29, 1.82) is 0 Å². The summed E-state index contributed by atoms with van der Waals surface area (Å²) < 4.78 is 10.5. The van der Waals surface area contributed by atoms with Crippen LogP contribution in [0.25, 0.3) is 11.1 Å². The summed E-state index contributed by atoms with van der Waals surface area (Å²) in [7, 11) is 0. The third kappa shape index (κ3) is 4.71. The number of hydrogen-bond acceptors (Lipinski definition) is 6. The van der Waals surface area contributed by atoms with E-state index >= 15 is 0 Å². The summed E-state index contributed by atoms with van der Waals surface area (Å²) in [4.78, 5) is 29.8. The van der Waals surface area contributed by atoms with E-state index in [0.29, 0.717) is 22.5 Å². The molecule has 1 aromatic carbocycles. The molecular weight excluding hydrogens is 346 g/mol. The minimum atomic E-state index is -0.636. The minimum absolute atomic E-state index is 0.134. The zero-order valence-electron chi connectivity index (χ0n) is 16.3. The Bertz CT molecular complexity index is 841. The van der Waals surface area contributed by atoms with E-state index in [1.54, 1.807) is 27.7 Å². The van der Waals surface area contributed by atoms with Crippen molar-refractivity contribution in [1.82, 2.24) is 4.98 Å². The van der Waals surface area contributed by atoms with E-state index in [2.05, 4.69) is 4.98 Å². The maximum Gasteiger partial charge on any atom is 0.340 e. The number of aryl methyl sites for hydroxylation is 3. The Labute approximate surface area is 159 Å². The molecular formula is C21H25NO5. The number of nitrogens with zero attached hydrogens (tertiary/aromatic N) is 1. The first-order valence-corrected chi connectivity index (χ1v) is 8.83. The Morgan fingerprint density at radius 2 is 1.56 bits per heavy atom. The molecule has 0 aliphatic carbocycles. The lowest BCUT2D eigenvalue weighted by Crippen LogP contribution is -2.20. The average molecular weight is 371 g/mol. The smallest absolute Gasteiger partial charge is 0.340 e. The van der Waals surface area contributed by atoms with Gasteiger partial charge >= 0.3 is 11.9 Å². The molecule has 1 N–H and O–H groups in total. The van der Waals surface area contributed by atoms with Gasteiger partial charge in [0, 0.05) is 5.56 Å². The minimum Gasteiger partial charge on any atom is -0.460 e. The van der Waals surface area contributed by atoms with Gasteiger partial charge in [0.1, 0.15) is 6.61 Å². The fraction of sp³-hybridized carbons (Fsp3) is 0.381. The van der Waals surface area contributed by atoms with Gasteiger partial charge in [-0.25, -0.2) is 9.59 Å². The second kappa shape index (κ2) is 8.77. The fourth-order valence-electron chi connectivity index (χ4n) is 2.84. The molecule has 2 aromatic rings. The number of carbonyl (C=O) groups is 2. The van der Waals surface area contributed by atoms with Crippen LogP contribution in [-0.2, 0) is 9.47 Å². The Morgan fingerprint density at radius 3 is 2.07 bits per heavy atom. The first-order valence-electron chi connectivity index (χ1n) is 8.83. The van der Waals surface area contributed by atoms with Crippen molar-refractivity contribution in [2.75, 3.05) is 13.2 Å². The molecule has 0 saturated heterocycles. The van der Waals surface area contributed by atoms with Crippen molar-refractivity contribution in [2.24, 2.45) is 0 Å². The van der Waals surface area contributed by atoms with E-state index in [1.165, 1.54) is 0 Å². The topological polar surface area (TPSA) is 85.7 Å². The van der Waals surface area contributed by atoms with Crippen molar-refractivity contribution in [3.05, 3.63) is 52.3 Å². The molecule has 0 saturated carbocycles. The molecule has 6 heteroatoms. The highest BCUT2D eigenvalue weighted by Gasteiger charge is 2.28. The van der Waals surface area contributed by atoms with Gasteiger partial charge in [0.15, 0.2) is 0 Å². The first-order chi connectivity index (χ1) is 12.8. The molecule has 0 radical (unpaired) electrons. The van der Waals surface area contributed by atoms with Crippen LogP contribution in [0.4, 0.5) is 0 Å². The van der Waals surface area contributed by atoms with Crippen LogP contribution in [0.15, 0.2) is 24.3 Å². The van der Waals surface area contributed by atoms with Gasteiger partial charge in [-0.3, -0.25) is 4.98 Å². The molecule has 2 rings (SSSR count). The van der Waals surface area contributed by atoms with E-state index < -0.39 is 11.9 Å². The molecule has 0 atom stereocenters. The molecule has 0 spiro atoms. The quantitative estimate of drug-likeness (QED) is 0.784. The Hall–Kier alpha value is -2.73. The Balaban J connectivity index is 2.76. The summed E-state index contributed by atoms with van der Waals surface area (Å²) in [5, 5.41) is 8.97.